The van der Waals surface area contributed by atoms with Crippen LogP contribution in [0.2, 0.25) is 0 Å². The number of sulfonamides is 1. The second-order valence-electron chi connectivity index (χ2n) is 5.74. The van der Waals surface area contributed by atoms with Crippen LogP contribution in [0.5, 0.6) is 0 Å². The van der Waals surface area contributed by atoms with Gasteiger partial charge in [0.15, 0.2) is 5.78 Å². The van der Waals surface area contributed by atoms with E-state index < -0.39 is 22.0 Å². The maximum atomic E-state index is 12.6. The van der Waals surface area contributed by atoms with Gasteiger partial charge in [0.05, 0.1) is 4.90 Å². The first kappa shape index (κ1) is 21.0. The predicted molar refractivity (Wildman–Crippen MR) is 101 cm³/mol. The first-order valence-electron chi connectivity index (χ1n) is 8.38. The van der Waals surface area contributed by atoms with Crippen LogP contribution >= 0.6 is 0 Å². The summed E-state index contributed by atoms with van der Waals surface area (Å²) in [5.74, 6) is -0.951. The van der Waals surface area contributed by atoms with Crippen LogP contribution in [0.4, 0.5) is 4.79 Å². The second kappa shape index (κ2) is 9.09. The number of nitrogens with zero attached hydrogens (tertiary/aromatic N) is 2. The molecule has 2 rings (SSSR count). The molecule has 0 radical (unpaired) electrons. The third-order valence-electron chi connectivity index (χ3n) is 3.58. The highest BCUT2D eigenvalue weighted by Crippen LogP contribution is 2.10. The zero-order valence-electron chi connectivity index (χ0n) is 15.4. The van der Waals surface area contributed by atoms with Gasteiger partial charge in [-0.25, -0.2) is 4.79 Å². The van der Waals surface area contributed by atoms with E-state index in [4.69, 9.17) is 0 Å². The Hall–Kier alpha value is -3.27. The normalized spacial score (nSPS) is 11.7. The summed E-state index contributed by atoms with van der Waals surface area (Å²) < 4.78 is 30.1. The zero-order valence-corrected chi connectivity index (χ0v) is 16.2. The summed E-state index contributed by atoms with van der Waals surface area (Å²) in [6.45, 7) is 3.01. The average molecular weight is 404 g/mol. The number of imide groups is 1. The van der Waals surface area contributed by atoms with E-state index >= 15 is 0 Å². The number of carbonyl (C=O) groups excluding carboxylic acids is 3. The quantitative estimate of drug-likeness (QED) is 0.690. The van der Waals surface area contributed by atoms with Crippen molar-refractivity contribution in [3.63, 3.8) is 0 Å². The Morgan fingerprint density at radius 3 is 2.39 bits per heavy atom. The van der Waals surface area contributed by atoms with E-state index in [-0.39, 0.29) is 28.3 Å². The molecule has 2 N–H and O–H groups in total. The van der Waals surface area contributed by atoms with Crippen LogP contribution in [0.15, 0.2) is 58.0 Å². The van der Waals surface area contributed by atoms with Crippen LogP contribution in [0.3, 0.4) is 0 Å². The third kappa shape index (κ3) is 5.61. The summed E-state index contributed by atoms with van der Waals surface area (Å²) >= 11 is 0. The number of ketones is 1. The van der Waals surface area contributed by atoms with Gasteiger partial charge in [-0.3, -0.25) is 14.9 Å². The highest BCUT2D eigenvalue weighted by Gasteiger charge is 2.14. The van der Waals surface area contributed by atoms with Crippen molar-refractivity contribution in [2.45, 2.75) is 25.3 Å². The van der Waals surface area contributed by atoms with Gasteiger partial charge >= 0.3 is 6.03 Å². The molecule has 0 aliphatic carbocycles. The van der Waals surface area contributed by atoms with Crippen molar-refractivity contribution in [3.8, 4) is 0 Å². The topological polar surface area (TPSA) is 127 Å². The zero-order chi connectivity index (χ0) is 20.7. The summed E-state index contributed by atoms with van der Waals surface area (Å²) in [6, 6.07) is 9.62. The summed E-state index contributed by atoms with van der Waals surface area (Å²) in [6.07, 6.45) is 1.37. The molecule has 0 atom stereocenters. The number of nitrogens with one attached hydrogen (secondary N) is 2. The molecule has 10 heteroatoms. The molecule has 0 aliphatic heterocycles. The Kier molecular flexibility index (Phi) is 6.83. The van der Waals surface area contributed by atoms with E-state index in [9.17, 15) is 22.8 Å². The maximum Gasteiger partial charge on any atom is 0.321 e. The number of hydrogen-bond donors (Lipinski definition) is 2. The molecular weight excluding hydrogens is 384 g/mol. The number of pyridine rings is 1. The molecule has 9 nitrogen and oxygen atoms in total. The standard InChI is InChI=1S/C18H20N4O5S/c1-3-19-18(25)20-17(24)12-22-10-9-14(13(2)23)11-16(22)21-28(26,27)15-7-5-4-6-8-15/h4-11H,3,12H2,1-2H3,(H2,19,20,24,25). The van der Waals surface area contributed by atoms with E-state index in [1.165, 1.54) is 42.0 Å². The number of benzene rings is 1. The van der Waals surface area contributed by atoms with Crippen molar-refractivity contribution < 1.29 is 22.8 Å². The molecule has 2 aromatic rings. The maximum absolute atomic E-state index is 12.6. The van der Waals surface area contributed by atoms with Crippen LogP contribution in [-0.2, 0) is 21.4 Å². The number of rotatable bonds is 6. The van der Waals surface area contributed by atoms with Gasteiger partial charge in [0.2, 0.25) is 5.91 Å². The second-order valence-corrected chi connectivity index (χ2v) is 7.35. The number of hydrogen-bond acceptors (Lipinski definition) is 5. The fraction of sp³-hybridized carbons (Fsp3) is 0.222. The van der Waals surface area contributed by atoms with Crippen LogP contribution in [-0.4, -0.2) is 37.3 Å². The molecule has 0 saturated carbocycles. The smallest absolute Gasteiger partial charge is 0.321 e. The summed E-state index contributed by atoms with van der Waals surface area (Å²) in [7, 11) is -4.06. The third-order valence-corrected chi connectivity index (χ3v) is 4.87. The van der Waals surface area contributed by atoms with E-state index in [1.54, 1.807) is 25.1 Å². The minimum atomic E-state index is -4.06. The fourth-order valence-electron chi connectivity index (χ4n) is 2.24. The highest BCUT2D eigenvalue weighted by molar-refractivity contribution is 7.90. The van der Waals surface area contributed by atoms with Gasteiger partial charge in [0.25, 0.3) is 10.0 Å². The largest absolute Gasteiger partial charge is 0.338 e. The molecule has 148 valence electrons. The van der Waals surface area contributed by atoms with Crippen molar-refractivity contribution >= 4 is 27.7 Å². The number of Topliss-reactive ketones (excluding diaryl/α,β-unsaturated/α-hetero) is 1. The molecule has 28 heavy (non-hydrogen) atoms. The molecule has 0 spiro atoms. The van der Waals surface area contributed by atoms with Crippen LogP contribution in [0, 0.1) is 0 Å². The minimum absolute atomic E-state index is 0.0263. The molecule has 1 heterocycles. The Balaban J connectivity index is 2.46. The molecular formula is C18H20N4O5S. The van der Waals surface area contributed by atoms with Crippen molar-refractivity contribution in [2.75, 3.05) is 6.54 Å². The van der Waals surface area contributed by atoms with Crippen molar-refractivity contribution in [3.05, 3.63) is 59.7 Å². The lowest BCUT2D eigenvalue weighted by Gasteiger charge is -2.09. The van der Waals surface area contributed by atoms with Crippen LogP contribution < -0.4 is 16.1 Å². The Bertz CT molecular complexity index is 1060. The molecule has 0 bridgehead atoms. The molecule has 1 aromatic heterocycles. The van der Waals surface area contributed by atoms with E-state index in [0.29, 0.717) is 6.54 Å². The van der Waals surface area contributed by atoms with Crippen molar-refractivity contribution in [2.24, 2.45) is 4.40 Å². The number of amides is 3. The first-order chi connectivity index (χ1) is 13.2. The number of urea groups is 1. The Morgan fingerprint density at radius 1 is 1.11 bits per heavy atom. The lowest BCUT2D eigenvalue weighted by atomic mass is 10.2. The average Bonchev–Trinajstić information content (AvgIpc) is 2.63. The van der Waals surface area contributed by atoms with Gasteiger partial charge in [0, 0.05) is 18.3 Å². The monoisotopic (exact) mass is 404 g/mol. The Morgan fingerprint density at radius 2 is 1.79 bits per heavy atom. The lowest BCUT2D eigenvalue weighted by Crippen LogP contribution is -2.42. The van der Waals surface area contributed by atoms with Gasteiger partial charge in [-0.2, -0.15) is 8.42 Å². The summed E-state index contributed by atoms with van der Waals surface area (Å²) in [4.78, 5) is 35.1. The molecule has 1 aromatic carbocycles. The van der Waals surface area contributed by atoms with Gasteiger partial charge in [-0.05, 0) is 38.1 Å². The number of aromatic nitrogens is 1. The highest BCUT2D eigenvalue weighted by atomic mass is 32.2. The van der Waals surface area contributed by atoms with Crippen LogP contribution in [0.25, 0.3) is 0 Å². The van der Waals surface area contributed by atoms with Crippen LogP contribution in [0.1, 0.15) is 24.2 Å². The summed E-state index contributed by atoms with van der Waals surface area (Å²) in [5.41, 5.74) is 0.130. The van der Waals surface area contributed by atoms with Gasteiger partial charge in [-0.15, -0.1) is 4.40 Å². The van der Waals surface area contributed by atoms with E-state index in [2.05, 4.69) is 15.0 Å². The van der Waals surface area contributed by atoms with Crippen molar-refractivity contribution in [1.29, 1.82) is 0 Å². The molecule has 0 saturated heterocycles. The van der Waals surface area contributed by atoms with Crippen molar-refractivity contribution in [1.82, 2.24) is 15.2 Å². The van der Waals surface area contributed by atoms with Gasteiger partial charge < -0.3 is 9.88 Å². The fourth-order valence-corrected chi connectivity index (χ4v) is 3.25. The van der Waals surface area contributed by atoms with E-state index in [0.717, 1.165) is 0 Å². The lowest BCUT2D eigenvalue weighted by molar-refractivity contribution is -0.120. The Labute approximate surface area is 162 Å². The molecule has 0 unspecified atom stereocenters. The minimum Gasteiger partial charge on any atom is -0.338 e. The van der Waals surface area contributed by atoms with Gasteiger partial charge in [0.1, 0.15) is 12.0 Å². The SMILES string of the molecule is CCNC(=O)NC(=O)Cn1ccc(C(C)=O)cc1=NS(=O)(=O)c1ccccc1. The number of carbonyl (C=O) groups is 3. The molecule has 3 amide bonds. The summed E-state index contributed by atoms with van der Waals surface area (Å²) in [5, 5.41) is 4.54. The molecule has 0 fully saturated rings. The van der Waals surface area contributed by atoms with E-state index in [1.807, 2.05) is 0 Å². The molecule has 0 aliphatic rings. The van der Waals surface area contributed by atoms with Gasteiger partial charge in [-0.1, -0.05) is 18.2 Å². The first-order valence-corrected chi connectivity index (χ1v) is 9.82. The predicted octanol–water partition coefficient (Wildman–Crippen LogP) is 0.826.